The van der Waals surface area contributed by atoms with Gasteiger partial charge in [-0.3, -0.25) is 19.6 Å². The van der Waals surface area contributed by atoms with Crippen LogP contribution in [-0.2, 0) is 11.3 Å². The first-order valence-electron chi connectivity index (χ1n) is 7.52. The van der Waals surface area contributed by atoms with E-state index in [9.17, 15) is 9.59 Å². The largest absolute Gasteiger partial charge is 0.348 e. The van der Waals surface area contributed by atoms with Gasteiger partial charge in [-0.25, -0.2) is 4.98 Å². The summed E-state index contributed by atoms with van der Waals surface area (Å²) in [6.45, 7) is 0.226. The first-order chi connectivity index (χ1) is 12.2. The zero-order valence-electron chi connectivity index (χ0n) is 13.2. The van der Waals surface area contributed by atoms with E-state index in [2.05, 4.69) is 25.6 Å². The monoisotopic (exact) mass is 353 g/mol. The first kappa shape index (κ1) is 16.7. The molecule has 3 heterocycles. The van der Waals surface area contributed by atoms with Crippen molar-refractivity contribution in [1.29, 1.82) is 0 Å². The highest BCUT2D eigenvalue weighted by Crippen LogP contribution is 2.20. The lowest BCUT2D eigenvalue weighted by atomic mass is 10.2. The van der Waals surface area contributed by atoms with Gasteiger partial charge >= 0.3 is 0 Å². The fourth-order valence-electron chi connectivity index (χ4n) is 2.05. The number of nitrogens with one attached hydrogen (secondary N) is 2. The summed E-state index contributed by atoms with van der Waals surface area (Å²) in [6.07, 6.45) is 6.47. The molecule has 0 saturated carbocycles. The van der Waals surface area contributed by atoms with Crippen molar-refractivity contribution in [1.82, 2.24) is 25.6 Å². The number of aromatic nitrogens is 3. The first-order valence-corrected chi connectivity index (χ1v) is 8.40. The van der Waals surface area contributed by atoms with Crippen molar-refractivity contribution < 1.29 is 9.59 Å². The third kappa shape index (κ3) is 4.67. The SMILES string of the molecule is O=C(CNC(=O)c1ccncc1)NCc1nc(-c2ccncc2)cs1. The number of pyridine rings is 2. The van der Waals surface area contributed by atoms with Crippen molar-refractivity contribution in [3.63, 3.8) is 0 Å². The normalized spacial score (nSPS) is 10.2. The van der Waals surface area contributed by atoms with Gasteiger partial charge in [0, 0.05) is 41.3 Å². The third-order valence-corrected chi connectivity index (χ3v) is 4.17. The van der Waals surface area contributed by atoms with Crippen LogP contribution in [0.3, 0.4) is 0 Å². The Morgan fingerprint density at radius 2 is 1.64 bits per heavy atom. The van der Waals surface area contributed by atoms with E-state index >= 15 is 0 Å². The van der Waals surface area contributed by atoms with Crippen LogP contribution in [0.2, 0.25) is 0 Å². The Bertz CT molecular complexity index is 852. The molecule has 0 aliphatic carbocycles. The second-order valence-corrected chi connectivity index (χ2v) is 6.00. The van der Waals surface area contributed by atoms with E-state index < -0.39 is 0 Å². The van der Waals surface area contributed by atoms with E-state index in [-0.39, 0.29) is 18.4 Å². The van der Waals surface area contributed by atoms with E-state index in [0.717, 1.165) is 16.3 Å². The average Bonchev–Trinajstić information content (AvgIpc) is 3.15. The molecule has 0 aliphatic rings. The molecular weight excluding hydrogens is 338 g/mol. The van der Waals surface area contributed by atoms with Crippen LogP contribution in [0.15, 0.2) is 54.4 Å². The Morgan fingerprint density at radius 3 is 2.36 bits per heavy atom. The molecule has 0 spiro atoms. The Morgan fingerprint density at radius 1 is 0.960 bits per heavy atom. The molecule has 0 atom stereocenters. The van der Waals surface area contributed by atoms with Gasteiger partial charge in [-0.15, -0.1) is 11.3 Å². The van der Waals surface area contributed by atoms with E-state index in [1.165, 1.54) is 23.7 Å². The molecule has 0 radical (unpaired) electrons. The molecule has 0 aliphatic heterocycles. The molecule has 3 aromatic heterocycles. The van der Waals surface area contributed by atoms with Gasteiger partial charge in [0.1, 0.15) is 5.01 Å². The number of carbonyl (C=O) groups excluding carboxylic acids is 2. The molecule has 0 bridgehead atoms. The topological polar surface area (TPSA) is 96.9 Å². The molecule has 0 unspecified atom stereocenters. The zero-order chi connectivity index (χ0) is 17.5. The Labute approximate surface area is 148 Å². The van der Waals surface area contributed by atoms with Crippen molar-refractivity contribution in [2.24, 2.45) is 0 Å². The number of hydrogen-bond donors (Lipinski definition) is 2. The summed E-state index contributed by atoms with van der Waals surface area (Å²) in [5, 5.41) is 8.03. The summed E-state index contributed by atoms with van der Waals surface area (Å²) >= 11 is 1.47. The summed E-state index contributed by atoms with van der Waals surface area (Å²) < 4.78 is 0. The van der Waals surface area contributed by atoms with Gasteiger partial charge in [-0.05, 0) is 24.3 Å². The quantitative estimate of drug-likeness (QED) is 0.702. The van der Waals surface area contributed by atoms with E-state index in [1.54, 1.807) is 24.5 Å². The van der Waals surface area contributed by atoms with Crippen LogP contribution in [0.1, 0.15) is 15.4 Å². The van der Waals surface area contributed by atoms with Crippen LogP contribution in [0.25, 0.3) is 11.3 Å². The molecule has 8 heteroatoms. The molecule has 25 heavy (non-hydrogen) atoms. The molecule has 3 aromatic rings. The van der Waals surface area contributed by atoms with E-state index in [1.807, 2.05) is 17.5 Å². The van der Waals surface area contributed by atoms with Gasteiger partial charge in [0.25, 0.3) is 5.91 Å². The van der Waals surface area contributed by atoms with Crippen LogP contribution in [0.4, 0.5) is 0 Å². The molecule has 0 fully saturated rings. The number of nitrogens with zero attached hydrogens (tertiary/aromatic N) is 3. The molecule has 2 amide bonds. The van der Waals surface area contributed by atoms with Gasteiger partial charge in [-0.1, -0.05) is 0 Å². The lowest BCUT2D eigenvalue weighted by molar-refractivity contribution is -0.120. The van der Waals surface area contributed by atoms with Gasteiger partial charge < -0.3 is 10.6 Å². The molecule has 7 nitrogen and oxygen atoms in total. The molecular formula is C17H15N5O2S. The number of carbonyl (C=O) groups is 2. The van der Waals surface area contributed by atoms with Crippen LogP contribution < -0.4 is 10.6 Å². The lowest BCUT2D eigenvalue weighted by Gasteiger charge is -2.05. The third-order valence-electron chi connectivity index (χ3n) is 3.32. The predicted octanol–water partition coefficient (Wildman–Crippen LogP) is 1.65. The Balaban J connectivity index is 1.47. The van der Waals surface area contributed by atoms with Crippen LogP contribution >= 0.6 is 11.3 Å². The summed E-state index contributed by atoms with van der Waals surface area (Å²) in [7, 11) is 0. The summed E-state index contributed by atoms with van der Waals surface area (Å²) in [4.78, 5) is 36.0. The molecule has 0 saturated heterocycles. The molecule has 2 N–H and O–H groups in total. The highest BCUT2D eigenvalue weighted by atomic mass is 32.1. The summed E-state index contributed by atoms with van der Waals surface area (Å²) in [6, 6.07) is 6.94. The fourth-order valence-corrected chi connectivity index (χ4v) is 2.79. The predicted molar refractivity (Wildman–Crippen MR) is 93.8 cm³/mol. The summed E-state index contributed by atoms with van der Waals surface area (Å²) in [5.41, 5.74) is 2.29. The zero-order valence-corrected chi connectivity index (χ0v) is 14.0. The number of thiazole rings is 1. The number of rotatable bonds is 6. The van der Waals surface area contributed by atoms with Crippen LogP contribution in [0, 0.1) is 0 Å². The van der Waals surface area contributed by atoms with Gasteiger partial charge in [0.15, 0.2) is 0 Å². The second-order valence-electron chi connectivity index (χ2n) is 5.06. The smallest absolute Gasteiger partial charge is 0.251 e. The van der Waals surface area contributed by atoms with Crippen molar-refractivity contribution in [2.45, 2.75) is 6.54 Å². The van der Waals surface area contributed by atoms with Crippen molar-refractivity contribution in [3.8, 4) is 11.3 Å². The summed E-state index contributed by atoms with van der Waals surface area (Å²) in [5.74, 6) is -0.588. The maximum Gasteiger partial charge on any atom is 0.251 e. The maximum absolute atomic E-state index is 11.9. The Hall–Kier alpha value is -3.13. The minimum atomic E-state index is -0.313. The van der Waals surface area contributed by atoms with E-state index in [0.29, 0.717) is 12.1 Å². The van der Waals surface area contributed by atoms with Crippen LogP contribution in [0.5, 0.6) is 0 Å². The van der Waals surface area contributed by atoms with Gasteiger partial charge in [-0.2, -0.15) is 0 Å². The van der Waals surface area contributed by atoms with E-state index in [4.69, 9.17) is 0 Å². The molecule has 3 rings (SSSR count). The maximum atomic E-state index is 11.9. The standard InChI is InChI=1S/C17H15N5O2S/c23-15(9-21-17(24)13-3-7-19-8-4-13)20-10-16-22-14(11-25-16)12-1-5-18-6-2-12/h1-8,11H,9-10H2,(H,20,23)(H,21,24). The fraction of sp³-hybridized carbons (Fsp3) is 0.118. The highest BCUT2D eigenvalue weighted by molar-refractivity contribution is 7.09. The second kappa shape index (κ2) is 8.11. The van der Waals surface area contributed by atoms with Crippen molar-refractivity contribution >= 4 is 23.2 Å². The van der Waals surface area contributed by atoms with Gasteiger partial charge in [0.05, 0.1) is 18.8 Å². The van der Waals surface area contributed by atoms with Gasteiger partial charge in [0.2, 0.25) is 5.91 Å². The van der Waals surface area contributed by atoms with Crippen molar-refractivity contribution in [2.75, 3.05) is 6.54 Å². The van der Waals surface area contributed by atoms with Crippen LogP contribution in [-0.4, -0.2) is 33.3 Å². The lowest BCUT2D eigenvalue weighted by Crippen LogP contribution is -2.36. The molecule has 126 valence electrons. The number of hydrogen-bond acceptors (Lipinski definition) is 6. The van der Waals surface area contributed by atoms with Crippen molar-refractivity contribution in [3.05, 3.63) is 65.0 Å². The molecule has 0 aromatic carbocycles. The number of amides is 2. The average molecular weight is 353 g/mol. The minimum absolute atomic E-state index is 0.0935. The Kier molecular flexibility index (Phi) is 5.43. The highest BCUT2D eigenvalue weighted by Gasteiger charge is 2.09. The minimum Gasteiger partial charge on any atom is -0.348 e.